The van der Waals surface area contributed by atoms with Crippen LogP contribution in [0.1, 0.15) is 19.5 Å². The molecule has 4 N–H and O–H groups in total. The van der Waals surface area contributed by atoms with Crippen molar-refractivity contribution in [3.8, 4) is 0 Å². The molecule has 2 aromatic heterocycles. The Morgan fingerprint density at radius 1 is 1.43 bits per heavy atom. The van der Waals surface area contributed by atoms with Crippen molar-refractivity contribution in [2.24, 2.45) is 0 Å². The number of aromatic amines is 1. The maximum Gasteiger partial charge on any atom is 0.222 e. The topological polar surface area (TPSA) is 101 Å². The fraction of sp³-hybridized carbons (Fsp3) is 0.375. The number of H-pyrrole nitrogens is 1. The fourth-order valence-corrected chi connectivity index (χ4v) is 1.29. The summed E-state index contributed by atoms with van der Waals surface area (Å²) >= 11 is 0. The first-order valence-corrected chi connectivity index (χ1v) is 4.18. The van der Waals surface area contributed by atoms with Gasteiger partial charge in [-0.1, -0.05) is 0 Å². The average Bonchev–Trinajstić information content (AvgIpc) is 2.47. The van der Waals surface area contributed by atoms with Gasteiger partial charge in [0, 0.05) is 0 Å². The molecule has 0 saturated heterocycles. The number of nitrogen functional groups attached to an aromatic ring is 1. The Labute approximate surface area is 80.2 Å². The molecule has 2 heterocycles. The number of nitrogens with zero attached hydrogens (tertiary/aromatic N) is 3. The lowest BCUT2D eigenvalue weighted by molar-refractivity contribution is 0.0754. The highest BCUT2D eigenvalue weighted by Crippen LogP contribution is 2.23. The van der Waals surface area contributed by atoms with E-state index in [1.807, 2.05) is 0 Å². The lowest BCUT2D eigenvalue weighted by Gasteiger charge is -2.16. The number of fused-ring (bicyclic) bond motifs is 1. The summed E-state index contributed by atoms with van der Waals surface area (Å²) in [4.78, 5) is 14.7. The number of imidazole rings is 1. The summed E-state index contributed by atoms with van der Waals surface area (Å²) < 4.78 is 0. The third-order valence-electron chi connectivity index (χ3n) is 1.88. The van der Waals surface area contributed by atoms with Crippen molar-refractivity contribution >= 4 is 17.1 Å². The summed E-state index contributed by atoms with van der Waals surface area (Å²) in [6.07, 6.45) is 1.49. The second-order valence-electron chi connectivity index (χ2n) is 3.59. The molecule has 14 heavy (non-hydrogen) atoms. The van der Waals surface area contributed by atoms with Crippen LogP contribution < -0.4 is 5.73 Å². The lowest BCUT2D eigenvalue weighted by Crippen LogP contribution is -2.19. The molecule has 0 aliphatic heterocycles. The number of aromatic nitrogens is 4. The zero-order valence-electron chi connectivity index (χ0n) is 7.94. The van der Waals surface area contributed by atoms with Gasteiger partial charge < -0.3 is 15.8 Å². The monoisotopic (exact) mass is 193 g/mol. The van der Waals surface area contributed by atoms with Crippen molar-refractivity contribution in [1.82, 2.24) is 19.9 Å². The Morgan fingerprint density at radius 3 is 2.79 bits per heavy atom. The Hall–Kier alpha value is -1.69. The van der Waals surface area contributed by atoms with Crippen LogP contribution in [0.25, 0.3) is 11.2 Å². The van der Waals surface area contributed by atoms with Gasteiger partial charge in [0.15, 0.2) is 5.65 Å². The number of nitrogens with two attached hydrogens (primary N) is 1. The quantitative estimate of drug-likeness (QED) is 0.599. The van der Waals surface area contributed by atoms with E-state index in [1.165, 1.54) is 6.33 Å². The van der Waals surface area contributed by atoms with Crippen LogP contribution in [-0.2, 0) is 5.60 Å². The van der Waals surface area contributed by atoms with Crippen molar-refractivity contribution in [2.75, 3.05) is 5.73 Å². The van der Waals surface area contributed by atoms with Gasteiger partial charge in [0.25, 0.3) is 0 Å². The van der Waals surface area contributed by atoms with Crippen molar-refractivity contribution in [3.05, 3.63) is 12.0 Å². The summed E-state index contributed by atoms with van der Waals surface area (Å²) in [6, 6.07) is 0. The molecule has 2 rings (SSSR count). The summed E-state index contributed by atoms with van der Waals surface area (Å²) in [5.41, 5.74) is 5.97. The van der Waals surface area contributed by atoms with Gasteiger partial charge in [-0.2, -0.15) is 4.98 Å². The Morgan fingerprint density at radius 2 is 2.14 bits per heavy atom. The van der Waals surface area contributed by atoms with E-state index in [2.05, 4.69) is 19.9 Å². The highest BCUT2D eigenvalue weighted by molar-refractivity contribution is 5.74. The molecule has 0 fully saturated rings. The van der Waals surface area contributed by atoms with E-state index < -0.39 is 5.60 Å². The van der Waals surface area contributed by atoms with E-state index in [0.717, 1.165) is 0 Å². The first-order chi connectivity index (χ1) is 6.48. The van der Waals surface area contributed by atoms with Crippen LogP contribution in [0.4, 0.5) is 5.95 Å². The van der Waals surface area contributed by atoms with Gasteiger partial charge in [-0.3, -0.25) is 0 Å². The molecule has 6 heteroatoms. The minimum absolute atomic E-state index is 0.113. The molecule has 0 aliphatic rings. The van der Waals surface area contributed by atoms with E-state index in [9.17, 15) is 5.11 Å². The second-order valence-corrected chi connectivity index (χ2v) is 3.59. The van der Waals surface area contributed by atoms with Crippen molar-refractivity contribution in [2.45, 2.75) is 19.4 Å². The molecule has 0 radical (unpaired) electrons. The Bertz CT molecular complexity index is 470. The van der Waals surface area contributed by atoms with Crippen molar-refractivity contribution < 1.29 is 5.11 Å². The summed E-state index contributed by atoms with van der Waals surface area (Å²) in [7, 11) is 0. The molecule has 6 nitrogen and oxygen atoms in total. The molecule has 0 aliphatic carbocycles. The largest absolute Gasteiger partial charge is 0.384 e. The third kappa shape index (κ3) is 1.29. The van der Waals surface area contributed by atoms with Crippen LogP contribution >= 0.6 is 0 Å². The smallest absolute Gasteiger partial charge is 0.222 e. The van der Waals surface area contributed by atoms with Gasteiger partial charge in [0.05, 0.1) is 6.33 Å². The van der Waals surface area contributed by atoms with Crippen LogP contribution in [0.2, 0.25) is 0 Å². The van der Waals surface area contributed by atoms with E-state index in [-0.39, 0.29) is 5.95 Å². The Kier molecular flexibility index (Phi) is 1.68. The average molecular weight is 193 g/mol. The molecular weight excluding hydrogens is 182 g/mol. The van der Waals surface area contributed by atoms with Crippen LogP contribution in [0.15, 0.2) is 6.33 Å². The molecule has 0 unspecified atom stereocenters. The predicted molar refractivity (Wildman–Crippen MR) is 51.3 cm³/mol. The van der Waals surface area contributed by atoms with Gasteiger partial charge in [-0.25, -0.2) is 9.97 Å². The van der Waals surface area contributed by atoms with Crippen molar-refractivity contribution in [3.63, 3.8) is 0 Å². The molecule has 0 spiro atoms. The van der Waals surface area contributed by atoms with Crippen molar-refractivity contribution in [1.29, 1.82) is 0 Å². The summed E-state index contributed by atoms with van der Waals surface area (Å²) in [5, 5.41) is 9.84. The molecule has 0 atom stereocenters. The highest BCUT2D eigenvalue weighted by atomic mass is 16.3. The SMILES string of the molecule is CC(C)(O)c1nc(N)nc2nc[nH]c12. The van der Waals surface area contributed by atoms with Gasteiger partial charge in [0.1, 0.15) is 16.8 Å². The third-order valence-corrected chi connectivity index (χ3v) is 1.88. The van der Waals surface area contributed by atoms with Crippen LogP contribution in [0.5, 0.6) is 0 Å². The maximum absolute atomic E-state index is 9.84. The lowest BCUT2D eigenvalue weighted by atomic mass is 10.0. The minimum Gasteiger partial charge on any atom is -0.384 e. The zero-order valence-corrected chi connectivity index (χ0v) is 7.94. The van der Waals surface area contributed by atoms with E-state index in [0.29, 0.717) is 16.9 Å². The molecular formula is C8H11N5O. The van der Waals surface area contributed by atoms with Gasteiger partial charge in [0.2, 0.25) is 5.95 Å². The maximum atomic E-state index is 9.84. The fourth-order valence-electron chi connectivity index (χ4n) is 1.29. The summed E-state index contributed by atoms with van der Waals surface area (Å²) in [5.74, 6) is 0.113. The zero-order chi connectivity index (χ0) is 10.3. The summed E-state index contributed by atoms with van der Waals surface area (Å²) in [6.45, 7) is 3.27. The number of rotatable bonds is 1. The number of aliphatic hydroxyl groups is 1. The molecule has 0 saturated carbocycles. The van der Waals surface area contributed by atoms with E-state index in [1.54, 1.807) is 13.8 Å². The molecule has 74 valence electrons. The van der Waals surface area contributed by atoms with Crippen LogP contribution in [-0.4, -0.2) is 25.0 Å². The minimum atomic E-state index is -1.07. The molecule has 2 aromatic rings. The van der Waals surface area contributed by atoms with E-state index >= 15 is 0 Å². The number of hydrogen-bond donors (Lipinski definition) is 3. The van der Waals surface area contributed by atoms with Crippen LogP contribution in [0.3, 0.4) is 0 Å². The molecule has 0 aromatic carbocycles. The standard InChI is InChI=1S/C8H11N5O/c1-8(2,14)5-4-6(11-3-10-4)13-7(9)12-5/h3,14H,1-2H3,(H3,9,10,11,12,13). The van der Waals surface area contributed by atoms with E-state index in [4.69, 9.17) is 5.73 Å². The van der Waals surface area contributed by atoms with Gasteiger partial charge in [-0.15, -0.1) is 0 Å². The van der Waals surface area contributed by atoms with Gasteiger partial charge in [-0.05, 0) is 13.8 Å². The predicted octanol–water partition coefficient (Wildman–Crippen LogP) is 0.162. The Balaban J connectivity index is 2.80. The number of nitrogens with one attached hydrogen (secondary N) is 1. The van der Waals surface area contributed by atoms with Crippen LogP contribution in [0, 0.1) is 0 Å². The number of anilines is 1. The molecule has 0 bridgehead atoms. The number of hydrogen-bond acceptors (Lipinski definition) is 5. The second kappa shape index (κ2) is 2.65. The first-order valence-electron chi connectivity index (χ1n) is 4.18. The molecule has 0 amide bonds. The highest BCUT2D eigenvalue weighted by Gasteiger charge is 2.23. The first kappa shape index (κ1) is 8.89. The normalized spacial score (nSPS) is 12.2. The van der Waals surface area contributed by atoms with Gasteiger partial charge >= 0.3 is 0 Å².